The lowest BCUT2D eigenvalue weighted by atomic mass is 10.2. The summed E-state index contributed by atoms with van der Waals surface area (Å²) in [5.41, 5.74) is 6.59. The van der Waals surface area contributed by atoms with E-state index in [1.54, 1.807) is 6.20 Å². The molecule has 0 aliphatic rings. The van der Waals surface area contributed by atoms with Crippen LogP contribution in [0.5, 0.6) is 11.5 Å². The lowest BCUT2D eigenvalue weighted by molar-refractivity contribution is 0.476. The molecule has 0 fully saturated rings. The molecule has 0 saturated carbocycles. The highest BCUT2D eigenvalue weighted by atomic mass is 79.9. The van der Waals surface area contributed by atoms with Gasteiger partial charge in [0.1, 0.15) is 11.5 Å². The monoisotopic (exact) mass is 370 g/mol. The zero-order chi connectivity index (χ0) is 13.1. The van der Waals surface area contributed by atoms with E-state index in [9.17, 15) is 0 Å². The minimum Gasteiger partial charge on any atom is -0.455 e. The Labute approximate surface area is 123 Å². The Morgan fingerprint density at radius 2 is 2.00 bits per heavy atom. The summed E-state index contributed by atoms with van der Waals surface area (Å²) in [7, 11) is 0. The second kappa shape index (κ2) is 5.82. The van der Waals surface area contributed by atoms with E-state index >= 15 is 0 Å². The van der Waals surface area contributed by atoms with Crippen LogP contribution in [-0.2, 0) is 0 Å². The van der Waals surface area contributed by atoms with Gasteiger partial charge in [0.15, 0.2) is 0 Å². The van der Waals surface area contributed by atoms with Gasteiger partial charge >= 0.3 is 0 Å². The standard InChI is InChI=1S/C13H12Br2N2O/c1-8(16)12-4-3-10(7-17-12)18-13-5-2-9(14)6-11(13)15/h2-8H,16H2,1H3. The molecule has 0 aliphatic heterocycles. The second-order valence-electron chi connectivity index (χ2n) is 3.88. The Balaban J connectivity index is 2.18. The third kappa shape index (κ3) is 3.31. The molecule has 0 saturated heterocycles. The highest BCUT2D eigenvalue weighted by molar-refractivity contribution is 9.11. The quantitative estimate of drug-likeness (QED) is 0.868. The van der Waals surface area contributed by atoms with Crippen molar-refractivity contribution in [1.29, 1.82) is 0 Å². The van der Waals surface area contributed by atoms with Gasteiger partial charge in [0.2, 0.25) is 0 Å². The first kappa shape index (κ1) is 13.5. The van der Waals surface area contributed by atoms with Crippen LogP contribution in [-0.4, -0.2) is 4.98 Å². The Kier molecular flexibility index (Phi) is 4.37. The third-order valence-corrected chi connectivity index (χ3v) is 3.46. The number of rotatable bonds is 3. The van der Waals surface area contributed by atoms with E-state index in [0.29, 0.717) is 5.75 Å². The largest absolute Gasteiger partial charge is 0.455 e. The molecule has 1 atom stereocenters. The van der Waals surface area contributed by atoms with Crippen LogP contribution < -0.4 is 10.5 Å². The zero-order valence-corrected chi connectivity index (χ0v) is 12.9. The minimum atomic E-state index is -0.0709. The van der Waals surface area contributed by atoms with Gasteiger partial charge in [0, 0.05) is 10.5 Å². The molecule has 0 bridgehead atoms. The summed E-state index contributed by atoms with van der Waals surface area (Å²) in [6, 6.07) is 9.39. The van der Waals surface area contributed by atoms with Crippen LogP contribution in [0.4, 0.5) is 0 Å². The first-order chi connectivity index (χ1) is 8.56. The van der Waals surface area contributed by atoms with Gasteiger partial charge in [-0.1, -0.05) is 15.9 Å². The number of hydrogen-bond donors (Lipinski definition) is 1. The van der Waals surface area contributed by atoms with Gasteiger partial charge in [-0.2, -0.15) is 0 Å². The van der Waals surface area contributed by atoms with Crippen molar-refractivity contribution >= 4 is 31.9 Å². The number of hydrogen-bond acceptors (Lipinski definition) is 3. The van der Waals surface area contributed by atoms with Crippen LogP contribution in [0, 0.1) is 0 Å². The highest BCUT2D eigenvalue weighted by Gasteiger charge is 2.05. The van der Waals surface area contributed by atoms with Crippen molar-refractivity contribution in [1.82, 2.24) is 4.98 Å². The maximum atomic E-state index is 5.74. The predicted molar refractivity (Wildman–Crippen MR) is 78.8 cm³/mol. The van der Waals surface area contributed by atoms with Gasteiger partial charge in [-0.25, -0.2) is 0 Å². The average molecular weight is 372 g/mol. The molecule has 1 aromatic heterocycles. The maximum absolute atomic E-state index is 5.74. The van der Waals surface area contributed by atoms with Crippen LogP contribution in [0.3, 0.4) is 0 Å². The molecule has 0 radical (unpaired) electrons. The van der Waals surface area contributed by atoms with Gasteiger partial charge in [0.25, 0.3) is 0 Å². The van der Waals surface area contributed by atoms with Crippen molar-refractivity contribution in [3.8, 4) is 11.5 Å². The molecule has 94 valence electrons. The molecule has 0 spiro atoms. The van der Waals surface area contributed by atoms with Crippen LogP contribution in [0.2, 0.25) is 0 Å². The minimum absolute atomic E-state index is 0.0709. The summed E-state index contributed by atoms with van der Waals surface area (Å²) in [5, 5.41) is 0. The molecule has 1 unspecified atom stereocenters. The third-order valence-electron chi connectivity index (χ3n) is 2.35. The van der Waals surface area contributed by atoms with E-state index in [-0.39, 0.29) is 6.04 Å². The van der Waals surface area contributed by atoms with Crippen molar-refractivity contribution in [3.63, 3.8) is 0 Å². The molecule has 1 heterocycles. The van der Waals surface area contributed by atoms with Gasteiger partial charge in [0.05, 0.1) is 16.4 Å². The fourth-order valence-electron chi connectivity index (χ4n) is 1.41. The second-order valence-corrected chi connectivity index (χ2v) is 5.65. The van der Waals surface area contributed by atoms with E-state index < -0.39 is 0 Å². The summed E-state index contributed by atoms with van der Waals surface area (Å²) in [4.78, 5) is 4.25. The van der Waals surface area contributed by atoms with Crippen LogP contribution >= 0.6 is 31.9 Å². The first-order valence-corrected chi connectivity index (χ1v) is 6.99. The molecule has 0 amide bonds. The number of nitrogens with two attached hydrogens (primary N) is 1. The SMILES string of the molecule is CC(N)c1ccc(Oc2ccc(Br)cc2Br)cn1. The van der Waals surface area contributed by atoms with Gasteiger partial charge < -0.3 is 10.5 Å². The van der Waals surface area contributed by atoms with E-state index in [1.807, 2.05) is 37.3 Å². The summed E-state index contributed by atoms with van der Waals surface area (Å²) in [5.74, 6) is 1.43. The van der Waals surface area contributed by atoms with Crippen molar-refractivity contribution in [2.75, 3.05) is 0 Å². The molecule has 1 aromatic carbocycles. The molecule has 2 rings (SSSR count). The predicted octanol–water partition coefficient (Wildman–Crippen LogP) is 4.42. The van der Waals surface area contributed by atoms with E-state index in [4.69, 9.17) is 10.5 Å². The molecular formula is C13H12Br2N2O. The Morgan fingerprint density at radius 1 is 1.22 bits per heavy atom. The lowest BCUT2D eigenvalue weighted by Gasteiger charge is -2.09. The van der Waals surface area contributed by atoms with Crippen molar-refractivity contribution in [3.05, 3.63) is 51.2 Å². The molecule has 5 heteroatoms. The smallest absolute Gasteiger partial charge is 0.145 e. The van der Waals surface area contributed by atoms with Gasteiger partial charge in [-0.3, -0.25) is 4.98 Å². The van der Waals surface area contributed by atoms with Crippen LogP contribution in [0.25, 0.3) is 0 Å². The van der Waals surface area contributed by atoms with E-state index in [0.717, 1.165) is 20.4 Å². The number of benzene rings is 1. The number of ether oxygens (including phenoxy) is 1. The number of pyridine rings is 1. The van der Waals surface area contributed by atoms with Gasteiger partial charge in [-0.05, 0) is 53.2 Å². The van der Waals surface area contributed by atoms with E-state index in [1.165, 1.54) is 0 Å². The van der Waals surface area contributed by atoms with E-state index in [2.05, 4.69) is 36.8 Å². The Hall–Kier alpha value is -0.910. The Morgan fingerprint density at radius 3 is 2.56 bits per heavy atom. The molecule has 3 nitrogen and oxygen atoms in total. The van der Waals surface area contributed by atoms with Crippen LogP contribution in [0.15, 0.2) is 45.5 Å². The maximum Gasteiger partial charge on any atom is 0.145 e. The fraction of sp³-hybridized carbons (Fsp3) is 0.154. The van der Waals surface area contributed by atoms with Crippen molar-refractivity contribution < 1.29 is 4.74 Å². The lowest BCUT2D eigenvalue weighted by Crippen LogP contribution is -2.06. The van der Waals surface area contributed by atoms with Crippen molar-refractivity contribution in [2.45, 2.75) is 13.0 Å². The molecule has 18 heavy (non-hydrogen) atoms. The summed E-state index contributed by atoms with van der Waals surface area (Å²) in [6.07, 6.45) is 1.67. The molecule has 0 aliphatic carbocycles. The Bertz CT molecular complexity index is 541. The van der Waals surface area contributed by atoms with Crippen LogP contribution in [0.1, 0.15) is 18.7 Å². The van der Waals surface area contributed by atoms with Crippen molar-refractivity contribution in [2.24, 2.45) is 5.73 Å². The molecule has 2 aromatic rings. The first-order valence-electron chi connectivity index (χ1n) is 5.40. The number of aromatic nitrogens is 1. The number of nitrogens with zero attached hydrogens (tertiary/aromatic N) is 1. The topological polar surface area (TPSA) is 48.1 Å². The zero-order valence-electron chi connectivity index (χ0n) is 9.73. The summed E-state index contributed by atoms with van der Waals surface area (Å²) < 4.78 is 7.60. The fourth-order valence-corrected chi connectivity index (χ4v) is 2.53. The summed E-state index contributed by atoms with van der Waals surface area (Å²) >= 11 is 6.84. The summed E-state index contributed by atoms with van der Waals surface area (Å²) in [6.45, 7) is 1.90. The normalized spacial score (nSPS) is 12.2. The highest BCUT2D eigenvalue weighted by Crippen LogP contribution is 2.31. The average Bonchev–Trinajstić information content (AvgIpc) is 2.33. The number of halogens is 2. The molecular weight excluding hydrogens is 360 g/mol. The van der Waals surface area contributed by atoms with Gasteiger partial charge in [-0.15, -0.1) is 0 Å². The molecule has 2 N–H and O–H groups in total.